The number of aromatic nitrogens is 2. The van der Waals surface area contributed by atoms with Gasteiger partial charge in [0.25, 0.3) is 0 Å². The highest BCUT2D eigenvalue weighted by Crippen LogP contribution is 2.26. The maximum atomic E-state index is 12.7. The number of rotatable bonds is 6. The van der Waals surface area contributed by atoms with Crippen LogP contribution in [-0.4, -0.2) is 40.3 Å². The van der Waals surface area contributed by atoms with E-state index in [1.165, 1.54) is 18.5 Å². The van der Waals surface area contributed by atoms with Crippen molar-refractivity contribution in [1.82, 2.24) is 20.0 Å². The summed E-state index contributed by atoms with van der Waals surface area (Å²) in [5.41, 5.74) is 3.32. The van der Waals surface area contributed by atoms with E-state index in [0.717, 1.165) is 56.0 Å². The van der Waals surface area contributed by atoms with Crippen LogP contribution < -0.4 is 10.1 Å². The summed E-state index contributed by atoms with van der Waals surface area (Å²) in [5.74, 6) is 0.952. The van der Waals surface area contributed by atoms with Gasteiger partial charge in [0, 0.05) is 19.0 Å². The van der Waals surface area contributed by atoms with E-state index in [1.54, 1.807) is 0 Å². The lowest BCUT2D eigenvalue weighted by Crippen LogP contribution is -2.34. The first-order chi connectivity index (χ1) is 13.7. The van der Waals surface area contributed by atoms with Gasteiger partial charge in [-0.15, -0.1) is 0 Å². The fourth-order valence-corrected chi connectivity index (χ4v) is 4.08. The van der Waals surface area contributed by atoms with E-state index >= 15 is 0 Å². The lowest BCUT2D eigenvalue weighted by atomic mass is 9.96. The number of carbonyl (C=O) groups is 1. The van der Waals surface area contributed by atoms with E-state index in [-0.39, 0.29) is 11.8 Å². The van der Waals surface area contributed by atoms with Gasteiger partial charge in [0.05, 0.1) is 31.1 Å². The summed E-state index contributed by atoms with van der Waals surface area (Å²) in [6, 6.07) is 10.2. The van der Waals surface area contributed by atoms with Gasteiger partial charge in [0.1, 0.15) is 5.75 Å². The molecule has 6 heteroatoms. The minimum atomic E-state index is -0.0505. The zero-order chi connectivity index (χ0) is 19.3. The van der Waals surface area contributed by atoms with Crippen molar-refractivity contribution in [3.8, 4) is 5.75 Å². The van der Waals surface area contributed by atoms with Crippen LogP contribution in [0.4, 0.5) is 0 Å². The Hall–Kier alpha value is -2.34. The molecule has 1 amide bonds. The van der Waals surface area contributed by atoms with Crippen LogP contribution in [0.1, 0.15) is 43.1 Å². The lowest BCUT2D eigenvalue weighted by molar-refractivity contribution is -0.125. The van der Waals surface area contributed by atoms with Crippen molar-refractivity contribution in [2.24, 2.45) is 5.92 Å². The van der Waals surface area contributed by atoms with Gasteiger partial charge in [0.2, 0.25) is 5.91 Å². The number of ether oxygens (including phenoxy) is 1. The van der Waals surface area contributed by atoms with Crippen LogP contribution in [0.2, 0.25) is 0 Å². The van der Waals surface area contributed by atoms with Crippen molar-refractivity contribution in [2.45, 2.75) is 52.2 Å². The van der Waals surface area contributed by atoms with E-state index in [1.807, 2.05) is 18.2 Å². The quantitative estimate of drug-likeness (QED) is 0.835. The van der Waals surface area contributed by atoms with Gasteiger partial charge in [-0.2, -0.15) is 5.10 Å². The van der Waals surface area contributed by atoms with E-state index in [0.29, 0.717) is 13.2 Å². The fourth-order valence-electron chi connectivity index (χ4n) is 4.08. The highest BCUT2D eigenvalue weighted by molar-refractivity contribution is 5.79. The molecule has 0 aliphatic carbocycles. The topological polar surface area (TPSA) is 59.4 Å². The molecule has 0 unspecified atom stereocenters. The predicted octanol–water partition coefficient (Wildman–Crippen LogP) is 2.76. The summed E-state index contributed by atoms with van der Waals surface area (Å²) < 4.78 is 7.88. The van der Waals surface area contributed by atoms with Gasteiger partial charge < -0.3 is 10.1 Å². The molecule has 0 fully saturated rings. The van der Waals surface area contributed by atoms with Crippen LogP contribution in [0, 0.1) is 5.92 Å². The molecule has 2 aliphatic rings. The first kappa shape index (κ1) is 19.0. The maximum Gasteiger partial charge on any atom is 0.223 e. The van der Waals surface area contributed by atoms with Crippen LogP contribution in [-0.2, 0) is 30.8 Å². The number of unbranched alkanes of at least 4 members (excludes halogenated alkanes) is 1. The number of amides is 1. The normalized spacial score (nSPS) is 19.2. The van der Waals surface area contributed by atoms with Crippen LogP contribution in [0.15, 0.2) is 30.3 Å². The molecule has 6 nitrogen and oxygen atoms in total. The van der Waals surface area contributed by atoms with Crippen molar-refractivity contribution < 1.29 is 9.53 Å². The number of fused-ring (bicyclic) bond motifs is 2. The summed E-state index contributed by atoms with van der Waals surface area (Å²) in [6.45, 7) is 7.41. The summed E-state index contributed by atoms with van der Waals surface area (Å²) in [4.78, 5) is 15.2. The van der Waals surface area contributed by atoms with Crippen LogP contribution in [0.3, 0.4) is 0 Å². The van der Waals surface area contributed by atoms with Crippen molar-refractivity contribution in [3.63, 3.8) is 0 Å². The third-order valence-corrected chi connectivity index (χ3v) is 5.73. The van der Waals surface area contributed by atoms with Crippen molar-refractivity contribution in [3.05, 3.63) is 47.3 Å². The van der Waals surface area contributed by atoms with Crippen molar-refractivity contribution in [2.75, 3.05) is 19.7 Å². The molecule has 0 spiro atoms. The molecule has 3 heterocycles. The number of benzene rings is 1. The molecule has 1 N–H and O–H groups in total. The number of hydrogen-bond acceptors (Lipinski definition) is 4. The van der Waals surface area contributed by atoms with E-state index in [2.05, 4.69) is 39.1 Å². The molecular weight excluding hydrogens is 352 g/mol. The van der Waals surface area contributed by atoms with Crippen LogP contribution >= 0.6 is 0 Å². The number of nitrogens with one attached hydrogen (secondary N) is 1. The smallest absolute Gasteiger partial charge is 0.223 e. The number of hydrogen-bond donors (Lipinski definition) is 1. The Morgan fingerprint density at radius 2 is 2.21 bits per heavy atom. The highest BCUT2D eigenvalue weighted by Gasteiger charge is 2.24. The molecule has 0 saturated heterocycles. The number of carbonyl (C=O) groups excluding carboxylic acids is 1. The summed E-state index contributed by atoms with van der Waals surface area (Å²) >= 11 is 0. The second-order valence-electron chi connectivity index (χ2n) is 7.84. The Balaban J connectivity index is 1.33. The lowest BCUT2D eigenvalue weighted by Gasteiger charge is -2.27. The Morgan fingerprint density at radius 3 is 3.11 bits per heavy atom. The van der Waals surface area contributed by atoms with Crippen molar-refractivity contribution in [1.29, 1.82) is 0 Å². The number of nitrogens with zero attached hydrogens (tertiary/aromatic N) is 3. The molecule has 2 aliphatic heterocycles. The van der Waals surface area contributed by atoms with Gasteiger partial charge in [-0.3, -0.25) is 14.4 Å². The molecule has 0 radical (unpaired) electrons. The molecule has 28 heavy (non-hydrogen) atoms. The van der Waals surface area contributed by atoms with Gasteiger partial charge >= 0.3 is 0 Å². The third kappa shape index (κ3) is 4.38. The second kappa shape index (κ2) is 8.78. The third-order valence-electron chi connectivity index (χ3n) is 5.73. The van der Waals surface area contributed by atoms with Gasteiger partial charge in [-0.05, 0) is 43.5 Å². The monoisotopic (exact) mass is 382 g/mol. The summed E-state index contributed by atoms with van der Waals surface area (Å²) in [5, 5.41) is 7.79. The standard InChI is InChI=1S/C22H30N4O2/c1-2-3-9-25-10-11-26-20(16-25)14-19(24-26)15-23-22(27)18-8-12-28-21-7-5-4-6-17(21)13-18/h4-7,14,18H,2-3,8-13,15-16H2,1H3,(H,23,27)/t18-/m1/s1. The highest BCUT2D eigenvalue weighted by atomic mass is 16.5. The Morgan fingerprint density at radius 1 is 1.32 bits per heavy atom. The maximum absolute atomic E-state index is 12.7. The van der Waals surface area contributed by atoms with Crippen LogP contribution in [0.5, 0.6) is 5.75 Å². The molecule has 1 aromatic carbocycles. The molecule has 1 atom stereocenters. The molecule has 4 rings (SSSR count). The van der Waals surface area contributed by atoms with Gasteiger partial charge in [-0.25, -0.2) is 0 Å². The molecule has 150 valence electrons. The zero-order valence-corrected chi connectivity index (χ0v) is 16.7. The van der Waals surface area contributed by atoms with Crippen molar-refractivity contribution >= 4 is 5.91 Å². The Bertz CT molecular complexity index is 817. The molecular formula is C22H30N4O2. The second-order valence-corrected chi connectivity index (χ2v) is 7.84. The SMILES string of the molecule is CCCCN1CCn2nc(CNC(=O)[C@@H]3CCOc4ccccc4C3)cc2C1. The molecule has 0 bridgehead atoms. The Labute approximate surface area is 166 Å². The summed E-state index contributed by atoms with van der Waals surface area (Å²) in [6.07, 6.45) is 3.94. The largest absolute Gasteiger partial charge is 0.493 e. The fraction of sp³-hybridized carbons (Fsp3) is 0.545. The van der Waals surface area contributed by atoms with Crippen LogP contribution in [0.25, 0.3) is 0 Å². The van der Waals surface area contributed by atoms with Gasteiger partial charge in [0.15, 0.2) is 0 Å². The zero-order valence-electron chi connectivity index (χ0n) is 16.7. The number of para-hydroxylation sites is 1. The molecule has 2 aromatic rings. The van der Waals surface area contributed by atoms with Gasteiger partial charge in [-0.1, -0.05) is 31.5 Å². The average Bonchev–Trinajstić information content (AvgIpc) is 2.99. The van der Waals surface area contributed by atoms with E-state index in [9.17, 15) is 4.79 Å². The first-order valence-electron chi connectivity index (χ1n) is 10.5. The minimum absolute atomic E-state index is 0.0505. The molecule has 1 aromatic heterocycles. The average molecular weight is 383 g/mol. The summed E-state index contributed by atoms with van der Waals surface area (Å²) in [7, 11) is 0. The minimum Gasteiger partial charge on any atom is -0.493 e. The first-order valence-corrected chi connectivity index (χ1v) is 10.5. The predicted molar refractivity (Wildman–Crippen MR) is 108 cm³/mol. The van der Waals surface area contributed by atoms with E-state index in [4.69, 9.17) is 4.74 Å². The molecule has 0 saturated carbocycles. The Kier molecular flexibility index (Phi) is 5.95. The van der Waals surface area contributed by atoms with E-state index < -0.39 is 0 Å².